The number of hydrogen-bond acceptors (Lipinski definition) is 7. The SMILES string of the molecule is COCCN(C)C(=O)OCC(C)n1cc(-c2ccnc(N(CC34CCC(c5ccc(OC)c(C)c5)(CC3)CC4)C(=O)C3CCCCC3)c2)cn1. The van der Waals surface area contributed by atoms with Gasteiger partial charge in [-0.05, 0) is 111 Å². The molecule has 4 fully saturated rings. The van der Waals surface area contributed by atoms with Crippen molar-refractivity contribution < 1.29 is 23.8 Å². The van der Waals surface area contributed by atoms with Crippen LogP contribution in [0.15, 0.2) is 48.9 Å². The molecule has 4 aliphatic rings. The number of benzene rings is 1. The maximum Gasteiger partial charge on any atom is 0.409 e. The van der Waals surface area contributed by atoms with Crippen molar-refractivity contribution in [3.63, 3.8) is 0 Å². The van der Waals surface area contributed by atoms with Crippen molar-refractivity contribution in [2.45, 2.75) is 95.9 Å². The molecule has 7 rings (SSSR count). The summed E-state index contributed by atoms with van der Waals surface area (Å²) in [6, 6.07) is 10.6. The average Bonchev–Trinajstić information content (AvgIpc) is 3.67. The highest BCUT2D eigenvalue weighted by atomic mass is 16.6. The molecular formula is C40H55N5O5. The number of hydrogen-bond donors (Lipinski definition) is 0. The van der Waals surface area contributed by atoms with Crippen LogP contribution in [0, 0.1) is 18.3 Å². The highest BCUT2D eigenvalue weighted by Gasteiger charge is 2.50. The minimum Gasteiger partial charge on any atom is -0.496 e. The Kier molecular flexibility index (Phi) is 11.2. The van der Waals surface area contributed by atoms with Gasteiger partial charge in [-0.25, -0.2) is 9.78 Å². The minimum atomic E-state index is -0.389. The zero-order valence-corrected chi connectivity index (χ0v) is 30.7. The summed E-state index contributed by atoms with van der Waals surface area (Å²) in [5.41, 5.74) is 4.84. The van der Waals surface area contributed by atoms with Gasteiger partial charge in [0, 0.05) is 51.1 Å². The smallest absolute Gasteiger partial charge is 0.409 e. The second-order valence-electron chi connectivity index (χ2n) is 15.2. The van der Waals surface area contributed by atoms with E-state index >= 15 is 0 Å². The van der Waals surface area contributed by atoms with Gasteiger partial charge < -0.3 is 19.1 Å². The summed E-state index contributed by atoms with van der Waals surface area (Å²) in [6.45, 7) is 5.94. The number of pyridine rings is 1. The van der Waals surface area contributed by atoms with E-state index in [1.165, 1.54) is 22.4 Å². The van der Waals surface area contributed by atoms with Crippen LogP contribution >= 0.6 is 0 Å². The van der Waals surface area contributed by atoms with Crippen LogP contribution in [0.3, 0.4) is 0 Å². The number of likely N-dealkylation sites (N-methyl/N-ethyl adjacent to an activating group) is 1. The highest BCUT2D eigenvalue weighted by Crippen LogP contribution is 2.58. The molecule has 0 spiro atoms. The molecule has 1 atom stereocenters. The van der Waals surface area contributed by atoms with Crippen LogP contribution in [0.1, 0.15) is 94.7 Å². The number of fused-ring (bicyclic) bond motifs is 3. The summed E-state index contributed by atoms with van der Waals surface area (Å²) >= 11 is 0. The molecule has 2 amide bonds. The molecule has 3 aromatic rings. The quantitative estimate of drug-likeness (QED) is 0.182. The first kappa shape index (κ1) is 35.9. The highest BCUT2D eigenvalue weighted by molar-refractivity contribution is 5.95. The average molecular weight is 686 g/mol. The van der Waals surface area contributed by atoms with Gasteiger partial charge in [0.15, 0.2) is 0 Å². The fourth-order valence-electron chi connectivity index (χ4n) is 8.49. The summed E-state index contributed by atoms with van der Waals surface area (Å²) in [6.07, 6.45) is 17.4. The third-order valence-corrected chi connectivity index (χ3v) is 11.9. The maximum atomic E-state index is 14.4. The van der Waals surface area contributed by atoms with Crippen molar-refractivity contribution in [2.24, 2.45) is 11.3 Å². The largest absolute Gasteiger partial charge is 0.496 e. The third kappa shape index (κ3) is 7.70. The van der Waals surface area contributed by atoms with Crippen LogP contribution in [0.5, 0.6) is 5.75 Å². The zero-order chi connectivity index (χ0) is 35.3. The number of aryl methyl sites for hydroxylation is 1. The summed E-state index contributed by atoms with van der Waals surface area (Å²) < 4.78 is 17.9. The van der Waals surface area contributed by atoms with Crippen molar-refractivity contribution in [3.05, 3.63) is 60.0 Å². The lowest BCUT2D eigenvalue weighted by molar-refractivity contribution is -0.124. The molecule has 4 saturated carbocycles. The van der Waals surface area contributed by atoms with Crippen molar-refractivity contribution in [3.8, 4) is 16.9 Å². The van der Waals surface area contributed by atoms with E-state index in [4.69, 9.17) is 19.2 Å². The van der Waals surface area contributed by atoms with Crippen LogP contribution in [-0.2, 0) is 19.7 Å². The number of rotatable bonds is 13. The second kappa shape index (κ2) is 15.5. The Morgan fingerprint density at radius 1 is 1.00 bits per heavy atom. The topological polar surface area (TPSA) is 99.0 Å². The van der Waals surface area contributed by atoms with Crippen LogP contribution in [0.2, 0.25) is 0 Å². The zero-order valence-electron chi connectivity index (χ0n) is 30.7. The van der Waals surface area contributed by atoms with E-state index in [0.717, 1.165) is 93.4 Å². The van der Waals surface area contributed by atoms with E-state index in [-0.39, 0.29) is 41.4 Å². The lowest BCUT2D eigenvalue weighted by atomic mass is 9.51. The van der Waals surface area contributed by atoms with Crippen molar-refractivity contribution in [1.82, 2.24) is 19.7 Å². The van der Waals surface area contributed by atoms with Gasteiger partial charge >= 0.3 is 6.09 Å². The monoisotopic (exact) mass is 685 g/mol. The minimum absolute atomic E-state index is 0.0546. The normalized spacial score (nSPS) is 22.6. The van der Waals surface area contributed by atoms with Crippen LogP contribution in [0.4, 0.5) is 10.6 Å². The Bertz CT molecular complexity index is 1610. The first-order chi connectivity index (χ1) is 24.2. The molecule has 4 aliphatic carbocycles. The Balaban J connectivity index is 1.18. The molecule has 270 valence electrons. The van der Waals surface area contributed by atoms with Crippen molar-refractivity contribution in [1.29, 1.82) is 0 Å². The molecule has 0 radical (unpaired) electrons. The molecule has 2 bridgehead atoms. The van der Waals surface area contributed by atoms with Crippen LogP contribution < -0.4 is 9.64 Å². The molecule has 10 nitrogen and oxygen atoms in total. The van der Waals surface area contributed by atoms with E-state index in [0.29, 0.717) is 13.2 Å². The fourth-order valence-corrected chi connectivity index (χ4v) is 8.49. The molecule has 0 saturated heterocycles. The number of ether oxygens (including phenoxy) is 3. The molecule has 0 N–H and O–H groups in total. The Hall–Kier alpha value is -3.92. The van der Waals surface area contributed by atoms with Gasteiger partial charge in [0.25, 0.3) is 0 Å². The molecule has 0 aliphatic heterocycles. The number of amides is 2. The number of carbonyl (C=O) groups is 2. The van der Waals surface area contributed by atoms with Crippen molar-refractivity contribution in [2.75, 3.05) is 52.5 Å². The fraction of sp³-hybridized carbons (Fsp3) is 0.600. The number of anilines is 1. The molecule has 1 unspecified atom stereocenters. The lowest BCUT2D eigenvalue weighted by Crippen LogP contribution is -2.51. The summed E-state index contributed by atoms with van der Waals surface area (Å²) in [5, 5.41) is 4.60. The van der Waals surface area contributed by atoms with Crippen molar-refractivity contribution >= 4 is 17.8 Å². The molecule has 2 heterocycles. The van der Waals surface area contributed by atoms with Gasteiger partial charge in [0.2, 0.25) is 5.91 Å². The van der Waals surface area contributed by atoms with Crippen LogP contribution in [0.25, 0.3) is 11.1 Å². The van der Waals surface area contributed by atoms with Gasteiger partial charge in [-0.3, -0.25) is 14.4 Å². The number of nitrogens with zero attached hydrogens (tertiary/aromatic N) is 5. The van der Waals surface area contributed by atoms with E-state index in [2.05, 4.69) is 41.2 Å². The van der Waals surface area contributed by atoms with Gasteiger partial charge in [0.1, 0.15) is 18.2 Å². The number of carbonyl (C=O) groups excluding carboxylic acids is 2. The number of aromatic nitrogens is 3. The number of methoxy groups -OCH3 is 2. The third-order valence-electron chi connectivity index (χ3n) is 11.9. The Morgan fingerprint density at radius 2 is 1.74 bits per heavy atom. The van der Waals surface area contributed by atoms with E-state index in [1.54, 1.807) is 21.3 Å². The predicted octanol–water partition coefficient (Wildman–Crippen LogP) is 7.74. The Morgan fingerprint density at radius 3 is 2.42 bits per heavy atom. The van der Waals surface area contributed by atoms with Crippen LogP contribution in [-0.4, -0.2) is 79.2 Å². The second-order valence-corrected chi connectivity index (χ2v) is 15.2. The van der Waals surface area contributed by atoms with Gasteiger partial charge in [-0.1, -0.05) is 31.4 Å². The first-order valence-electron chi connectivity index (χ1n) is 18.5. The van der Waals surface area contributed by atoms with Gasteiger partial charge in [-0.15, -0.1) is 0 Å². The summed E-state index contributed by atoms with van der Waals surface area (Å²) in [5.74, 6) is 1.97. The lowest BCUT2D eigenvalue weighted by Gasteiger charge is -2.55. The molecule has 10 heteroatoms. The summed E-state index contributed by atoms with van der Waals surface area (Å²) in [7, 11) is 5.04. The van der Waals surface area contributed by atoms with E-state index < -0.39 is 0 Å². The molecule has 2 aromatic heterocycles. The predicted molar refractivity (Wildman–Crippen MR) is 194 cm³/mol. The molecular weight excluding hydrogens is 630 g/mol. The molecule has 1 aromatic carbocycles. The van der Waals surface area contributed by atoms with E-state index in [9.17, 15) is 9.59 Å². The van der Waals surface area contributed by atoms with E-state index in [1.807, 2.05) is 36.3 Å². The maximum absolute atomic E-state index is 14.4. The van der Waals surface area contributed by atoms with Gasteiger partial charge in [-0.2, -0.15) is 5.10 Å². The van der Waals surface area contributed by atoms with Gasteiger partial charge in [0.05, 0.1) is 26.0 Å². The Labute approximate surface area is 297 Å². The standard InChI is InChI=1S/C40H55N5O5/c1-29-23-34(11-12-35(29)49-5)40-17-14-39(15-18-40,16-19-40)28-44(37(46)31-9-7-6-8-10-31)36-24-32(13-20-41-36)33-25-42-45(26-33)30(2)27-50-38(47)43(3)21-22-48-4/h11-13,20,23-26,30-31H,6-10,14-19,21-22,27-28H2,1-5H3. The summed E-state index contributed by atoms with van der Waals surface area (Å²) in [4.78, 5) is 35.2. The first-order valence-corrected chi connectivity index (χ1v) is 18.5. The molecule has 50 heavy (non-hydrogen) atoms.